The second-order valence-corrected chi connectivity index (χ2v) is 5.83. The Bertz CT molecular complexity index is 678. The second kappa shape index (κ2) is 6.22. The van der Waals surface area contributed by atoms with Crippen molar-refractivity contribution in [2.45, 2.75) is 39.3 Å². The molecule has 0 radical (unpaired) electrons. The molecule has 1 amide bonds. The van der Waals surface area contributed by atoms with E-state index in [1.807, 2.05) is 37.5 Å². The number of fused-ring (bicyclic) bond motifs is 1. The third kappa shape index (κ3) is 3.30. The first kappa shape index (κ1) is 14.6. The van der Waals surface area contributed by atoms with Crippen LogP contribution in [-0.2, 0) is 17.8 Å². The number of hydrogen-bond acceptors (Lipinski definition) is 3. The number of amides is 1. The van der Waals surface area contributed by atoms with E-state index in [9.17, 15) is 4.79 Å². The Morgan fingerprint density at radius 1 is 1.41 bits per heavy atom. The quantitative estimate of drug-likeness (QED) is 0.939. The summed E-state index contributed by atoms with van der Waals surface area (Å²) in [7, 11) is 0. The number of carbonyl (C=O) groups is 1. The Balaban J connectivity index is 1.50. The number of rotatable bonds is 4. The molecule has 0 fully saturated rings. The zero-order valence-electron chi connectivity index (χ0n) is 13.0. The molecule has 3 rings (SSSR count). The molecule has 1 aliphatic heterocycles. The lowest BCUT2D eigenvalue weighted by Crippen LogP contribution is -2.42. The van der Waals surface area contributed by atoms with E-state index in [4.69, 9.17) is 4.74 Å². The van der Waals surface area contributed by atoms with E-state index >= 15 is 0 Å². The molecule has 22 heavy (non-hydrogen) atoms. The van der Waals surface area contributed by atoms with E-state index in [0.717, 1.165) is 36.5 Å². The molecule has 5 nitrogen and oxygen atoms in total. The normalized spacial score (nSPS) is 16.9. The third-order valence-corrected chi connectivity index (χ3v) is 4.15. The van der Waals surface area contributed by atoms with Crippen LogP contribution in [0, 0.1) is 13.8 Å². The average Bonchev–Trinajstić information content (AvgIpc) is 2.96. The van der Waals surface area contributed by atoms with E-state index in [1.165, 1.54) is 5.56 Å². The first-order chi connectivity index (χ1) is 10.6. The molecule has 2 heterocycles. The predicted molar refractivity (Wildman–Crippen MR) is 83.9 cm³/mol. The van der Waals surface area contributed by atoms with Crippen molar-refractivity contribution in [3.8, 4) is 5.75 Å². The van der Waals surface area contributed by atoms with Crippen molar-refractivity contribution in [1.82, 2.24) is 14.9 Å². The van der Waals surface area contributed by atoms with Crippen LogP contribution in [0.25, 0.3) is 0 Å². The summed E-state index contributed by atoms with van der Waals surface area (Å²) >= 11 is 0. The second-order valence-electron chi connectivity index (χ2n) is 5.83. The molecule has 0 bridgehead atoms. The summed E-state index contributed by atoms with van der Waals surface area (Å²) in [5, 5.41) is 3.03. The zero-order chi connectivity index (χ0) is 15.5. The van der Waals surface area contributed by atoms with Gasteiger partial charge in [-0.25, -0.2) is 4.98 Å². The monoisotopic (exact) mass is 299 g/mol. The molecule has 1 aliphatic rings. The molecule has 1 atom stereocenters. The van der Waals surface area contributed by atoms with Gasteiger partial charge in [0.1, 0.15) is 11.6 Å². The Labute approximate surface area is 130 Å². The molecule has 0 unspecified atom stereocenters. The van der Waals surface area contributed by atoms with Crippen LogP contribution in [0.4, 0.5) is 0 Å². The van der Waals surface area contributed by atoms with Crippen molar-refractivity contribution >= 4 is 5.91 Å². The molecule has 0 saturated carbocycles. The van der Waals surface area contributed by atoms with Crippen LogP contribution >= 0.6 is 0 Å². The summed E-state index contributed by atoms with van der Waals surface area (Å²) in [5.41, 5.74) is 2.38. The lowest BCUT2D eigenvalue weighted by Gasteiger charge is -2.24. The van der Waals surface area contributed by atoms with Gasteiger partial charge in [-0.3, -0.25) is 4.79 Å². The topological polar surface area (TPSA) is 56.1 Å². The van der Waals surface area contributed by atoms with E-state index in [-0.39, 0.29) is 18.6 Å². The molecule has 2 aromatic rings. The van der Waals surface area contributed by atoms with Crippen LogP contribution in [-0.4, -0.2) is 28.1 Å². The minimum atomic E-state index is -0.0770. The summed E-state index contributed by atoms with van der Waals surface area (Å²) in [6.45, 7) is 4.92. The van der Waals surface area contributed by atoms with E-state index < -0.39 is 0 Å². The Morgan fingerprint density at radius 3 is 3.09 bits per heavy atom. The van der Waals surface area contributed by atoms with Gasteiger partial charge in [-0.05, 0) is 43.5 Å². The van der Waals surface area contributed by atoms with E-state index in [2.05, 4.69) is 21.8 Å². The van der Waals surface area contributed by atoms with Gasteiger partial charge in [0.25, 0.3) is 5.91 Å². The highest BCUT2D eigenvalue weighted by Crippen LogP contribution is 2.16. The third-order valence-electron chi connectivity index (χ3n) is 4.15. The molecule has 1 N–H and O–H groups in total. The van der Waals surface area contributed by atoms with Crippen molar-refractivity contribution in [1.29, 1.82) is 0 Å². The number of ether oxygens (including phenoxy) is 1. The van der Waals surface area contributed by atoms with Crippen LogP contribution in [0.5, 0.6) is 5.75 Å². The van der Waals surface area contributed by atoms with Gasteiger partial charge < -0.3 is 14.6 Å². The highest BCUT2D eigenvalue weighted by atomic mass is 16.5. The fourth-order valence-corrected chi connectivity index (χ4v) is 2.71. The van der Waals surface area contributed by atoms with Crippen LogP contribution < -0.4 is 10.1 Å². The highest BCUT2D eigenvalue weighted by molar-refractivity contribution is 5.77. The molecule has 0 spiro atoms. The Morgan fingerprint density at radius 2 is 2.27 bits per heavy atom. The molecule has 1 aromatic carbocycles. The Hall–Kier alpha value is -2.30. The zero-order valence-corrected chi connectivity index (χ0v) is 13.0. The number of carbonyl (C=O) groups excluding carboxylic acids is 1. The van der Waals surface area contributed by atoms with Crippen molar-refractivity contribution in [2.75, 3.05) is 6.61 Å². The summed E-state index contributed by atoms with van der Waals surface area (Å²) in [5.74, 6) is 1.75. The fourth-order valence-electron chi connectivity index (χ4n) is 2.71. The van der Waals surface area contributed by atoms with Gasteiger partial charge in [-0.15, -0.1) is 0 Å². The van der Waals surface area contributed by atoms with Gasteiger partial charge >= 0.3 is 0 Å². The van der Waals surface area contributed by atoms with Crippen LogP contribution in [0.2, 0.25) is 0 Å². The SMILES string of the molecule is Cc1ccc(OCC(=O)N[C@H]2CCc3nccn3C2)cc1C. The number of benzene rings is 1. The number of nitrogens with one attached hydrogen (secondary N) is 1. The minimum absolute atomic E-state index is 0.0514. The van der Waals surface area contributed by atoms with Gasteiger partial charge in [-0.2, -0.15) is 0 Å². The largest absolute Gasteiger partial charge is 0.484 e. The van der Waals surface area contributed by atoms with Crippen LogP contribution in [0.3, 0.4) is 0 Å². The van der Waals surface area contributed by atoms with Gasteiger partial charge in [0.15, 0.2) is 6.61 Å². The molecule has 116 valence electrons. The number of hydrogen-bond donors (Lipinski definition) is 1. The average molecular weight is 299 g/mol. The van der Waals surface area contributed by atoms with Crippen molar-refractivity contribution in [2.24, 2.45) is 0 Å². The number of aromatic nitrogens is 2. The maximum Gasteiger partial charge on any atom is 0.258 e. The van der Waals surface area contributed by atoms with Crippen molar-refractivity contribution < 1.29 is 9.53 Å². The summed E-state index contributed by atoms with van der Waals surface area (Å²) in [6.07, 6.45) is 5.59. The van der Waals surface area contributed by atoms with Crippen molar-refractivity contribution in [3.63, 3.8) is 0 Å². The predicted octanol–water partition coefficient (Wildman–Crippen LogP) is 2.01. The number of imidazole rings is 1. The minimum Gasteiger partial charge on any atom is -0.484 e. The lowest BCUT2D eigenvalue weighted by molar-refractivity contribution is -0.124. The fraction of sp³-hybridized carbons (Fsp3) is 0.412. The molecular weight excluding hydrogens is 278 g/mol. The summed E-state index contributed by atoms with van der Waals surface area (Å²) < 4.78 is 7.66. The summed E-state index contributed by atoms with van der Waals surface area (Å²) in [4.78, 5) is 16.3. The molecule has 5 heteroatoms. The first-order valence-electron chi connectivity index (χ1n) is 7.61. The van der Waals surface area contributed by atoms with E-state index in [1.54, 1.807) is 0 Å². The van der Waals surface area contributed by atoms with Gasteiger partial charge in [0.2, 0.25) is 0 Å². The highest BCUT2D eigenvalue weighted by Gasteiger charge is 2.20. The summed E-state index contributed by atoms with van der Waals surface area (Å²) in [6, 6.07) is 6.01. The molecule has 0 saturated heterocycles. The van der Waals surface area contributed by atoms with Gasteiger partial charge in [0, 0.05) is 31.4 Å². The first-order valence-corrected chi connectivity index (χ1v) is 7.61. The molecule has 0 aliphatic carbocycles. The maximum atomic E-state index is 12.0. The number of nitrogens with zero attached hydrogens (tertiary/aromatic N) is 2. The Kier molecular flexibility index (Phi) is 4.13. The smallest absolute Gasteiger partial charge is 0.258 e. The maximum absolute atomic E-state index is 12.0. The van der Waals surface area contributed by atoms with Gasteiger partial charge in [0.05, 0.1) is 0 Å². The van der Waals surface area contributed by atoms with Crippen molar-refractivity contribution in [3.05, 3.63) is 47.5 Å². The number of aryl methyl sites for hydroxylation is 3. The van der Waals surface area contributed by atoms with E-state index in [0.29, 0.717) is 0 Å². The van der Waals surface area contributed by atoms with Gasteiger partial charge in [-0.1, -0.05) is 6.07 Å². The standard InChI is InChI=1S/C17H21N3O2/c1-12-3-5-15(9-13(12)2)22-11-17(21)19-14-4-6-16-18-7-8-20(16)10-14/h3,5,7-9,14H,4,6,10-11H2,1-2H3,(H,19,21)/t14-/m0/s1. The van der Waals surface area contributed by atoms with Crippen LogP contribution in [0.1, 0.15) is 23.4 Å². The lowest BCUT2D eigenvalue weighted by atomic mass is 10.1. The van der Waals surface area contributed by atoms with Crippen LogP contribution in [0.15, 0.2) is 30.6 Å². The molecular formula is C17H21N3O2. The molecule has 1 aromatic heterocycles.